The van der Waals surface area contributed by atoms with E-state index < -0.39 is 46.1 Å². The van der Waals surface area contributed by atoms with Crippen LogP contribution in [0.4, 0.5) is 36.3 Å². The first kappa shape index (κ1) is 27.6. The Hall–Kier alpha value is -3.00. The second-order valence-corrected chi connectivity index (χ2v) is 11.6. The molecule has 1 aromatic heterocycles. The highest BCUT2D eigenvalue weighted by Crippen LogP contribution is 2.42. The van der Waals surface area contributed by atoms with Gasteiger partial charge in [-0.3, -0.25) is 17.5 Å². The third-order valence-electron chi connectivity index (χ3n) is 6.17. The van der Waals surface area contributed by atoms with Crippen LogP contribution in [-0.2, 0) is 6.54 Å². The summed E-state index contributed by atoms with van der Waals surface area (Å²) in [6.07, 6.45) is 4.89. The van der Waals surface area contributed by atoms with Crippen LogP contribution in [0.5, 0.6) is 5.75 Å². The van der Waals surface area contributed by atoms with Gasteiger partial charge in [-0.1, -0.05) is 30.7 Å². The number of rotatable bonds is 9. The number of aromatic nitrogens is 2. The average Bonchev–Trinajstić information content (AvgIpc) is 3.31. The van der Waals surface area contributed by atoms with E-state index in [1.54, 1.807) is 34.9 Å². The van der Waals surface area contributed by atoms with E-state index in [2.05, 4.69) is 18.4 Å². The number of alkyl halides is 3. The van der Waals surface area contributed by atoms with Crippen molar-refractivity contribution in [2.75, 3.05) is 15.0 Å². The lowest BCUT2D eigenvalue weighted by Gasteiger charge is -2.22. The molecule has 1 N–H and O–H groups in total. The van der Waals surface area contributed by atoms with E-state index in [1.165, 1.54) is 3.11 Å². The minimum Gasteiger partial charge on any atom is -0.461 e. The van der Waals surface area contributed by atoms with Crippen LogP contribution in [0.2, 0.25) is 0 Å². The quantitative estimate of drug-likeness (QED) is 0.172. The minimum atomic E-state index is -2.59. The highest BCUT2D eigenvalue weighted by molar-refractivity contribution is 14.2. The van der Waals surface area contributed by atoms with Crippen molar-refractivity contribution in [3.8, 4) is 5.75 Å². The molecular weight excluding hydrogens is 648 g/mol. The van der Waals surface area contributed by atoms with Crippen molar-refractivity contribution in [2.45, 2.75) is 45.5 Å². The molecule has 39 heavy (non-hydrogen) atoms. The van der Waals surface area contributed by atoms with Crippen molar-refractivity contribution in [1.82, 2.24) is 9.55 Å². The van der Waals surface area contributed by atoms with Crippen LogP contribution in [0.15, 0.2) is 72.3 Å². The zero-order valence-corrected chi connectivity index (χ0v) is 23.7. The monoisotopic (exact) mass is 672 g/mol. The Bertz CT molecular complexity index is 1450. The van der Waals surface area contributed by atoms with E-state index in [1.807, 2.05) is 25.2 Å². The summed E-state index contributed by atoms with van der Waals surface area (Å²) < 4.78 is 53.7. The number of aliphatic imine (C=N–C) groups is 1. The Labute approximate surface area is 238 Å². The molecule has 0 saturated heterocycles. The summed E-state index contributed by atoms with van der Waals surface area (Å²) in [6, 6.07) is 6.95. The number of dihydropyridines is 1. The molecule has 206 valence electrons. The van der Waals surface area contributed by atoms with E-state index in [4.69, 9.17) is 16.3 Å². The minimum absolute atomic E-state index is 0.0504. The fourth-order valence-electron chi connectivity index (χ4n) is 4.30. The van der Waals surface area contributed by atoms with E-state index in [0.717, 1.165) is 0 Å². The first-order chi connectivity index (χ1) is 18.8. The molecule has 2 aliphatic heterocycles. The molecule has 1 aliphatic carbocycles. The molecule has 1 unspecified atom stereocenters. The maximum atomic E-state index is 13.9. The smallest absolute Gasteiger partial charge is 0.301 e. The molecule has 0 amide bonds. The summed E-state index contributed by atoms with van der Waals surface area (Å²) >= 11 is 4.91. The van der Waals surface area contributed by atoms with Gasteiger partial charge in [-0.2, -0.15) is 8.13 Å². The van der Waals surface area contributed by atoms with Crippen molar-refractivity contribution in [3.63, 3.8) is 0 Å². The van der Waals surface area contributed by atoms with Crippen LogP contribution in [0.25, 0.3) is 0 Å². The van der Waals surface area contributed by atoms with Gasteiger partial charge in [0.1, 0.15) is 32.8 Å². The van der Waals surface area contributed by atoms with Gasteiger partial charge in [0.25, 0.3) is 6.43 Å². The van der Waals surface area contributed by atoms with Gasteiger partial charge >= 0.3 is 5.56 Å². The molecule has 2 aromatic rings. The van der Waals surface area contributed by atoms with E-state index >= 15 is 0 Å². The molecule has 3 heterocycles. The Kier molecular flexibility index (Phi) is 8.50. The number of fused-ring (bicyclic) bond motifs is 1. The summed E-state index contributed by atoms with van der Waals surface area (Å²) in [4.78, 5) is 21.1. The Balaban J connectivity index is 1.40. The number of nitrogens with zero attached hydrogens (tertiary/aromatic N) is 5. The molecule has 2 atom stereocenters. The first-order valence-corrected chi connectivity index (χ1v) is 14.7. The third-order valence-corrected chi connectivity index (χ3v) is 8.52. The van der Waals surface area contributed by atoms with Crippen LogP contribution in [0, 0.1) is 5.92 Å². The van der Waals surface area contributed by atoms with Crippen LogP contribution < -0.4 is 18.7 Å². The Morgan fingerprint density at radius 2 is 2.08 bits per heavy atom. The number of anilines is 3. The van der Waals surface area contributed by atoms with Gasteiger partial charge in [0, 0.05) is 23.0 Å². The van der Waals surface area contributed by atoms with Crippen molar-refractivity contribution < 1.29 is 17.9 Å². The van der Waals surface area contributed by atoms with Crippen molar-refractivity contribution in [2.24, 2.45) is 14.1 Å². The average molecular weight is 673 g/mol. The highest BCUT2D eigenvalue weighted by Gasteiger charge is 2.29. The van der Waals surface area contributed by atoms with Gasteiger partial charge in [0.15, 0.2) is 17.8 Å². The number of hydrogen-bond donors (Lipinski definition) is 1. The molecule has 1 aromatic carbocycles. The number of allylic oxidation sites excluding steroid dienone is 5. The van der Waals surface area contributed by atoms with Crippen LogP contribution in [0.1, 0.15) is 26.2 Å². The van der Waals surface area contributed by atoms with Crippen molar-refractivity contribution in [3.05, 3.63) is 69.7 Å². The topological polar surface area (TPSA) is 84.1 Å². The van der Waals surface area contributed by atoms with Gasteiger partial charge < -0.3 is 10.1 Å². The van der Waals surface area contributed by atoms with E-state index in [9.17, 15) is 18.0 Å². The maximum Gasteiger partial charge on any atom is 0.301 e. The molecule has 13 heteroatoms. The number of ether oxygens (including phenoxy) is 1. The lowest BCUT2D eigenvalue weighted by molar-refractivity contribution is 0.160. The largest absolute Gasteiger partial charge is 0.461 e. The zero-order chi connectivity index (χ0) is 27.5. The molecule has 0 fully saturated rings. The van der Waals surface area contributed by atoms with E-state index in [0.29, 0.717) is 53.1 Å². The number of benzene rings is 1. The Morgan fingerprint density at radius 1 is 1.28 bits per heavy atom. The zero-order valence-electron chi connectivity index (χ0n) is 20.8. The third kappa shape index (κ3) is 6.60. The number of nitrogens with one attached hydrogen (secondary N) is 1. The second-order valence-electron chi connectivity index (χ2n) is 9.04. The molecule has 3 aliphatic rings. The second kappa shape index (κ2) is 12.0. The molecule has 0 radical (unpaired) electrons. The molecular formula is C26H25ClF3IN6O2. The molecule has 0 saturated carbocycles. The lowest BCUT2D eigenvalue weighted by atomic mass is 10.0. The predicted molar refractivity (Wildman–Crippen MR) is 155 cm³/mol. The summed E-state index contributed by atoms with van der Waals surface area (Å²) in [7, 11) is 0. The number of halogens is 5. The molecule has 0 spiro atoms. The normalized spacial score (nSPS) is 20.3. The van der Waals surface area contributed by atoms with Gasteiger partial charge in [0.05, 0.1) is 13.0 Å². The standard InChI is InChI=1S/C26H25ClF3IN6O2/c1-2-17-11-20(12-22(30)32-17)39-19-9-7-18(8-10-19)33-26-34-25(38)23-24(35-31-37(23)14-21(28)29)36(26)13-15-3-5-16(27)6-4-15/h3,5-11,15,21-22H,2,4,12-14H2,1H3,(H,33,34,38)/t15-,22?/m1/s1. The molecule has 0 bridgehead atoms. The predicted octanol–water partition coefficient (Wildman–Crippen LogP) is 7.28. The summed E-state index contributed by atoms with van der Waals surface area (Å²) in [5.74, 6) is 1.69. The summed E-state index contributed by atoms with van der Waals surface area (Å²) in [5.41, 5.74) is 0.783. The van der Waals surface area contributed by atoms with Gasteiger partial charge in [-0.15, -0.1) is 0 Å². The van der Waals surface area contributed by atoms with Crippen molar-refractivity contribution >= 4 is 61.8 Å². The van der Waals surface area contributed by atoms with Gasteiger partial charge in [0.2, 0.25) is 5.95 Å². The van der Waals surface area contributed by atoms with Crippen LogP contribution in [0.3, 0.4) is 0 Å². The van der Waals surface area contributed by atoms with Crippen molar-refractivity contribution in [1.29, 1.82) is 0 Å². The first-order valence-electron chi connectivity index (χ1n) is 12.3. The highest BCUT2D eigenvalue weighted by atomic mass is 127. The van der Waals surface area contributed by atoms with Crippen LogP contribution in [-0.4, -0.2) is 34.5 Å². The summed E-state index contributed by atoms with van der Waals surface area (Å²) in [6.45, 7) is 1.77. The lowest BCUT2D eigenvalue weighted by Crippen LogP contribution is -2.27. The summed E-state index contributed by atoms with van der Waals surface area (Å²) in [5, 5.41) is 3.82. The molecule has 8 nitrogen and oxygen atoms in total. The SMILES string of the molecule is CCC1=NC(F)CC(Oc2ccc(Nc3nc(=O)c4c(n3C[C@@H]3C=CC(Cl)=CC3)N=IN4CC(F)F)cc2)=C1. The fraction of sp³-hybridized carbons (Fsp3) is 0.346. The van der Waals surface area contributed by atoms with E-state index in [-0.39, 0.29) is 24.0 Å². The molecule has 5 rings (SSSR count). The maximum absolute atomic E-state index is 13.9. The van der Waals surface area contributed by atoms with Gasteiger partial charge in [-0.25, -0.2) is 13.2 Å². The van der Waals surface area contributed by atoms with Crippen LogP contribution >= 0.6 is 32.9 Å². The fourth-order valence-corrected chi connectivity index (χ4v) is 6.52. The number of hydrogen-bond acceptors (Lipinski definition) is 7. The van der Waals surface area contributed by atoms with Gasteiger partial charge in [-0.05, 0) is 55.2 Å². The Morgan fingerprint density at radius 3 is 2.77 bits per heavy atom.